The largest absolute Gasteiger partial charge is 0.508 e. The third kappa shape index (κ3) is 1.82. The number of benzene rings is 1. The second-order valence-electron chi connectivity index (χ2n) is 5.14. The number of amides is 1. The molecule has 1 aliphatic rings. The molecule has 2 N–H and O–H groups in total. The molecule has 1 aromatic carbocycles. The van der Waals surface area contributed by atoms with Crippen LogP contribution in [0.4, 0.5) is 5.69 Å². The first-order chi connectivity index (χ1) is 10.5. The molecule has 1 aliphatic heterocycles. The average molecular weight is 312 g/mol. The molecule has 0 fully saturated rings. The lowest BCUT2D eigenvalue weighted by atomic mass is 10.1. The first kappa shape index (κ1) is 13.0. The van der Waals surface area contributed by atoms with Crippen LogP contribution >= 0.6 is 11.3 Å². The zero-order chi connectivity index (χ0) is 15.4. The Morgan fingerprint density at radius 3 is 3.00 bits per heavy atom. The average Bonchev–Trinajstić information content (AvgIpc) is 3.04. The maximum atomic E-state index is 12.2. The van der Waals surface area contributed by atoms with Crippen molar-refractivity contribution < 1.29 is 9.90 Å². The van der Waals surface area contributed by atoms with E-state index in [1.54, 1.807) is 28.8 Å². The summed E-state index contributed by atoms with van der Waals surface area (Å²) in [6.45, 7) is 3.81. The number of aromatic nitrogens is 3. The summed E-state index contributed by atoms with van der Waals surface area (Å²) in [7, 11) is 0. The lowest BCUT2D eigenvalue weighted by Crippen LogP contribution is -2.04. The Balaban J connectivity index is 1.94. The van der Waals surface area contributed by atoms with Crippen molar-refractivity contribution in [3.05, 3.63) is 40.2 Å². The normalized spacial score (nSPS) is 15.5. The smallest absolute Gasteiger partial charge is 0.256 e. The highest BCUT2D eigenvalue weighted by molar-refractivity contribution is 7.16. The Morgan fingerprint density at radius 2 is 2.18 bits per heavy atom. The van der Waals surface area contributed by atoms with E-state index in [2.05, 4.69) is 15.4 Å². The van der Waals surface area contributed by atoms with Crippen LogP contribution in [0.2, 0.25) is 0 Å². The van der Waals surface area contributed by atoms with E-state index in [4.69, 9.17) is 0 Å². The summed E-state index contributed by atoms with van der Waals surface area (Å²) < 4.78 is 1.75. The van der Waals surface area contributed by atoms with Gasteiger partial charge in [-0.15, -0.1) is 0 Å². The molecule has 7 heteroatoms. The molecule has 3 aromatic rings. The number of phenolic OH excluding ortho intramolecular Hbond substituents is 1. The number of phenols is 1. The fourth-order valence-corrected chi connectivity index (χ4v) is 3.38. The van der Waals surface area contributed by atoms with E-state index in [-0.39, 0.29) is 11.7 Å². The molecule has 0 bridgehead atoms. The van der Waals surface area contributed by atoms with Crippen LogP contribution < -0.4 is 5.32 Å². The third-order valence-corrected chi connectivity index (χ3v) is 4.41. The fourth-order valence-electron chi connectivity index (χ4n) is 2.58. The zero-order valence-corrected chi connectivity index (χ0v) is 12.7. The lowest BCUT2D eigenvalue weighted by molar-refractivity contribution is -0.110. The maximum absolute atomic E-state index is 12.2. The van der Waals surface area contributed by atoms with Gasteiger partial charge in [0.15, 0.2) is 0 Å². The van der Waals surface area contributed by atoms with Crippen molar-refractivity contribution in [1.29, 1.82) is 0 Å². The van der Waals surface area contributed by atoms with Crippen LogP contribution in [0.1, 0.15) is 22.0 Å². The molecule has 0 aliphatic carbocycles. The molecule has 22 heavy (non-hydrogen) atoms. The van der Waals surface area contributed by atoms with Gasteiger partial charge in [-0.2, -0.15) is 5.10 Å². The predicted molar refractivity (Wildman–Crippen MR) is 84.9 cm³/mol. The minimum Gasteiger partial charge on any atom is -0.508 e. The predicted octanol–water partition coefficient (Wildman–Crippen LogP) is 2.61. The van der Waals surface area contributed by atoms with Gasteiger partial charge in [0.25, 0.3) is 5.91 Å². The van der Waals surface area contributed by atoms with Gasteiger partial charge in [0.05, 0.1) is 17.0 Å². The van der Waals surface area contributed by atoms with Crippen LogP contribution in [0.15, 0.2) is 18.2 Å². The monoisotopic (exact) mass is 312 g/mol. The van der Waals surface area contributed by atoms with E-state index in [1.807, 2.05) is 13.8 Å². The molecule has 0 saturated carbocycles. The first-order valence-corrected chi connectivity index (χ1v) is 7.54. The van der Waals surface area contributed by atoms with E-state index in [0.29, 0.717) is 16.8 Å². The summed E-state index contributed by atoms with van der Waals surface area (Å²) in [5, 5.41) is 17.8. The van der Waals surface area contributed by atoms with E-state index < -0.39 is 0 Å². The topological polar surface area (TPSA) is 79.5 Å². The number of rotatable bonds is 1. The van der Waals surface area contributed by atoms with Gasteiger partial charge in [-0.25, -0.2) is 9.50 Å². The van der Waals surface area contributed by atoms with Gasteiger partial charge in [-0.3, -0.25) is 4.79 Å². The Bertz CT molecular complexity index is 967. The third-order valence-electron chi connectivity index (χ3n) is 3.59. The molecule has 0 unspecified atom stereocenters. The maximum Gasteiger partial charge on any atom is 0.256 e. The van der Waals surface area contributed by atoms with Gasteiger partial charge in [0.1, 0.15) is 10.8 Å². The number of carbonyl (C=O) groups is 1. The molecule has 0 radical (unpaired) electrons. The van der Waals surface area contributed by atoms with Gasteiger partial charge in [0.2, 0.25) is 4.96 Å². The van der Waals surface area contributed by atoms with Crippen molar-refractivity contribution in [3.8, 4) is 5.75 Å². The number of carbonyl (C=O) groups excluding carboxylic acids is 1. The van der Waals surface area contributed by atoms with E-state index in [0.717, 1.165) is 21.4 Å². The Kier molecular flexibility index (Phi) is 2.61. The van der Waals surface area contributed by atoms with Gasteiger partial charge in [-0.05, 0) is 38.1 Å². The highest BCUT2D eigenvalue weighted by atomic mass is 32.1. The Labute approximate surface area is 129 Å². The SMILES string of the molecule is Cc1nn2c(/C=C3/C(=O)Nc4ccc(O)cc43)c(C)nc2s1. The second kappa shape index (κ2) is 4.41. The molecule has 2 aromatic heterocycles. The molecule has 110 valence electrons. The molecular formula is C15H12N4O2S. The van der Waals surface area contributed by atoms with Crippen molar-refractivity contribution in [2.24, 2.45) is 0 Å². The van der Waals surface area contributed by atoms with E-state index >= 15 is 0 Å². The number of fused-ring (bicyclic) bond motifs is 2. The quantitative estimate of drug-likeness (QED) is 0.535. The number of hydrogen-bond acceptors (Lipinski definition) is 5. The summed E-state index contributed by atoms with van der Waals surface area (Å²) in [5.74, 6) is -0.0669. The molecule has 3 heterocycles. The summed E-state index contributed by atoms with van der Waals surface area (Å²) in [6.07, 6.45) is 1.77. The number of hydrogen-bond donors (Lipinski definition) is 2. The van der Waals surface area contributed by atoms with E-state index in [1.165, 1.54) is 11.3 Å². The molecular weight excluding hydrogens is 300 g/mol. The number of anilines is 1. The Hall–Kier alpha value is -2.67. The van der Waals surface area contributed by atoms with Gasteiger partial charge < -0.3 is 10.4 Å². The summed E-state index contributed by atoms with van der Waals surface area (Å²) in [6, 6.07) is 4.82. The van der Waals surface area contributed by atoms with Crippen LogP contribution in [0.25, 0.3) is 16.6 Å². The molecule has 0 spiro atoms. The summed E-state index contributed by atoms with van der Waals surface area (Å²) in [5.41, 5.74) is 3.48. The number of nitrogens with one attached hydrogen (secondary N) is 1. The van der Waals surface area contributed by atoms with Crippen molar-refractivity contribution in [3.63, 3.8) is 0 Å². The van der Waals surface area contributed by atoms with Crippen molar-refractivity contribution in [1.82, 2.24) is 14.6 Å². The van der Waals surface area contributed by atoms with Gasteiger partial charge >= 0.3 is 0 Å². The highest BCUT2D eigenvalue weighted by Crippen LogP contribution is 2.35. The fraction of sp³-hybridized carbons (Fsp3) is 0.133. The van der Waals surface area contributed by atoms with Crippen LogP contribution in [0, 0.1) is 13.8 Å². The van der Waals surface area contributed by atoms with Crippen LogP contribution in [0.5, 0.6) is 5.75 Å². The number of aromatic hydroxyl groups is 1. The molecule has 0 atom stereocenters. The first-order valence-electron chi connectivity index (χ1n) is 6.72. The van der Waals surface area contributed by atoms with Crippen molar-refractivity contribution in [2.75, 3.05) is 5.32 Å². The number of aryl methyl sites for hydroxylation is 2. The zero-order valence-electron chi connectivity index (χ0n) is 11.9. The standard InChI is InChI=1S/C15H12N4O2S/c1-7-13(19-15(16-7)22-8(2)18-19)6-11-10-5-9(20)3-4-12(10)17-14(11)21/h3-6,20H,1-2H3,(H,17,21)/b11-6+. The lowest BCUT2D eigenvalue weighted by Gasteiger charge is -1.99. The second-order valence-corrected chi connectivity index (χ2v) is 6.30. The van der Waals surface area contributed by atoms with E-state index in [9.17, 15) is 9.90 Å². The molecule has 0 saturated heterocycles. The molecule has 4 rings (SSSR count). The van der Waals surface area contributed by atoms with Crippen LogP contribution in [-0.4, -0.2) is 25.6 Å². The highest BCUT2D eigenvalue weighted by Gasteiger charge is 2.25. The summed E-state index contributed by atoms with van der Waals surface area (Å²) >= 11 is 1.50. The van der Waals surface area contributed by atoms with Gasteiger partial charge in [0, 0.05) is 11.3 Å². The van der Waals surface area contributed by atoms with Gasteiger partial charge in [-0.1, -0.05) is 11.3 Å². The minimum absolute atomic E-state index is 0.126. The summed E-state index contributed by atoms with van der Waals surface area (Å²) in [4.78, 5) is 17.5. The number of imidazole rings is 1. The molecule has 6 nitrogen and oxygen atoms in total. The number of nitrogens with zero attached hydrogens (tertiary/aromatic N) is 3. The van der Waals surface area contributed by atoms with Crippen molar-refractivity contribution >= 4 is 39.5 Å². The Morgan fingerprint density at radius 1 is 1.36 bits per heavy atom. The van der Waals surface area contributed by atoms with Crippen LogP contribution in [0.3, 0.4) is 0 Å². The van der Waals surface area contributed by atoms with Crippen LogP contribution in [-0.2, 0) is 4.79 Å². The molecule has 1 amide bonds. The minimum atomic E-state index is -0.193. The van der Waals surface area contributed by atoms with Crippen molar-refractivity contribution in [2.45, 2.75) is 13.8 Å².